The lowest BCUT2D eigenvalue weighted by atomic mass is 9.99. The van der Waals surface area contributed by atoms with E-state index in [2.05, 4.69) is 15.6 Å². The van der Waals surface area contributed by atoms with Gasteiger partial charge in [-0.05, 0) is 93.1 Å². The molecule has 2 heterocycles. The van der Waals surface area contributed by atoms with Gasteiger partial charge in [-0.1, -0.05) is 24.6 Å². The van der Waals surface area contributed by atoms with E-state index in [-0.39, 0.29) is 51.7 Å². The van der Waals surface area contributed by atoms with Gasteiger partial charge in [0.25, 0.3) is 11.6 Å². The molecule has 1 aliphatic heterocycles. The standard InChI is InChI=1S/C36H40F3N5O7S/c1-4-49-30-21-26(12-15-29(30)50-23(2)3)35(51-34(46)36(37,38)39,43-27-13-14-28-24(20-27)16-17-41-32(28)40)33(45)42-22-25-10-6-7-11-31(25)52(47,48)44-18-8-5-9-19-44/h6-7,10-17,20-21,23,43H,4-5,8-9,18-19,22H2,1-3H3,(H2,40,41)(H,42,45). The van der Waals surface area contributed by atoms with Crippen LogP contribution in [0.15, 0.2) is 77.8 Å². The van der Waals surface area contributed by atoms with Crippen molar-refractivity contribution in [2.75, 3.05) is 30.7 Å². The number of ether oxygens (including phenoxy) is 3. The number of carbonyl (C=O) groups is 2. The molecule has 5 rings (SSSR count). The van der Waals surface area contributed by atoms with E-state index in [4.69, 9.17) is 19.9 Å². The maximum absolute atomic E-state index is 14.5. The number of aromatic nitrogens is 1. The number of pyridine rings is 1. The lowest BCUT2D eigenvalue weighted by molar-refractivity contribution is -0.213. The highest BCUT2D eigenvalue weighted by molar-refractivity contribution is 7.89. The third-order valence-electron chi connectivity index (χ3n) is 8.27. The molecular formula is C36H40F3N5O7S. The van der Waals surface area contributed by atoms with E-state index in [9.17, 15) is 31.2 Å². The number of hydrogen-bond acceptors (Lipinski definition) is 10. The summed E-state index contributed by atoms with van der Waals surface area (Å²) in [5.74, 6) is -3.44. The van der Waals surface area contributed by atoms with Crippen molar-refractivity contribution in [2.24, 2.45) is 0 Å². The molecular weight excluding hydrogens is 703 g/mol. The molecule has 0 aliphatic carbocycles. The number of piperidine rings is 1. The van der Waals surface area contributed by atoms with E-state index in [1.54, 1.807) is 39.0 Å². The van der Waals surface area contributed by atoms with Crippen molar-refractivity contribution in [3.8, 4) is 11.5 Å². The Morgan fingerprint density at radius 3 is 2.40 bits per heavy atom. The molecule has 12 nitrogen and oxygen atoms in total. The summed E-state index contributed by atoms with van der Waals surface area (Å²) in [5.41, 5.74) is 3.08. The fourth-order valence-corrected chi connectivity index (χ4v) is 7.60. The van der Waals surface area contributed by atoms with Crippen LogP contribution in [-0.2, 0) is 36.6 Å². The third-order valence-corrected chi connectivity index (χ3v) is 10.3. The highest BCUT2D eigenvalue weighted by atomic mass is 32.2. The van der Waals surface area contributed by atoms with Gasteiger partial charge in [0.1, 0.15) is 5.82 Å². The third kappa shape index (κ3) is 8.34. The average Bonchev–Trinajstić information content (AvgIpc) is 3.11. The molecule has 0 bridgehead atoms. The van der Waals surface area contributed by atoms with Crippen molar-refractivity contribution in [1.29, 1.82) is 0 Å². The van der Waals surface area contributed by atoms with Crippen molar-refractivity contribution in [1.82, 2.24) is 14.6 Å². The predicted molar refractivity (Wildman–Crippen MR) is 188 cm³/mol. The highest BCUT2D eigenvalue weighted by Crippen LogP contribution is 2.38. The van der Waals surface area contributed by atoms with Crippen molar-refractivity contribution in [3.63, 3.8) is 0 Å². The van der Waals surface area contributed by atoms with Gasteiger partial charge in [0.05, 0.1) is 17.6 Å². The Bertz CT molecular complexity index is 2040. The minimum atomic E-state index is -5.52. The van der Waals surface area contributed by atoms with E-state index >= 15 is 0 Å². The summed E-state index contributed by atoms with van der Waals surface area (Å²) >= 11 is 0. The van der Waals surface area contributed by atoms with E-state index in [0.717, 1.165) is 6.42 Å². The average molecular weight is 744 g/mol. The molecule has 4 aromatic rings. The molecule has 1 aromatic heterocycles. The van der Waals surface area contributed by atoms with Crippen LogP contribution in [-0.4, -0.2) is 61.6 Å². The number of nitrogens with zero attached hydrogens (tertiary/aromatic N) is 2. The highest BCUT2D eigenvalue weighted by Gasteiger charge is 2.52. The largest absolute Gasteiger partial charge is 0.491 e. The number of sulfonamides is 1. The van der Waals surface area contributed by atoms with Crippen LogP contribution in [0.1, 0.15) is 51.2 Å². The van der Waals surface area contributed by atoms with E-state index in [1.807, 2.05) is 0 Å². The molecule has 1 atom stereocenters. The number of nitrogens with one attached hydrogen (secondary N) is 2. The molecule has 1 saturated heterocycles. The van der Waals surface area contributed by atoms with Gasteiger partial charge in [-0.25, -0.2) is 18.2 Å². The Kier molecular flexibility index (Phi) is 11.5. The predicted octanol–water partition coefficient (Wildman–Crippen LogP) is 5.86. The van der Waals surface area contributed by atoms with Crippen LogP contribution in [0, 0.1) is 0 Å². The maximum atomic E-state index is 14.5. The van der Waals surface area contributed by atoms with Crippen molar-refractivity contribution >= 4 is 44.2 Å². The second kappa shape index (κ2) is 15.7. The number of fused-ring (bicyclic) bond motifs is 1. The van der Waals surface area contributed by atoms with Gasteiger partial charge in [0.15, 0.2) is 11.5 Å². The zero-order valence-electron chi connectivity index (χ0n) is 28.8. The minimum Gasteiger partial charge on any atom is -0.490 e. The maximum Gasteiger partial charge on any atom is 0.491 e. The van der Waals surface area contributed by atoms with E-state index < -0.39 is 40.3 Å². The lowest BCUT2D eigenvalue weighted by Gasteiger charge is -2.35. The quantitative estimate of drug-likeness (QED) is 0.112. The number of benzene rings is 3. The van der Waals surface area contributed by atoms with Gasteiger partial charge < -0.3 is 30.6 Å². The molecule has 1 aliphatic rings. The molecule has 1 amide bonds. The normalized spacial score (nSPS) is 15.1. The van der Waals surface area contributed by atoms with Crippen molar-refractivity contribution in [3.05, 3.63) is 84.1 Å². The second-order valence-electron chi connectivity index (χ2n) is 12.3. The van der Waals surface area contributed by atoms with Crippen LogP contribution in [0.5, 0.6) is 11.5 Å². The van der Waals surface area contributed by atoms with Crippen LogP contribution < -0.4 is 25.8 Å². The lowest BCUT2D eigenvalue weighted by Crippen LogP contribution is -2.54. The first-order chi connectivity index (χ1) is 24.7. The molecule has 0 saturated carbocycles. The topological polar surface area (TPSA) is 162 Å². The van der Waals surface area contributed by atoms with Crippen molar-refractivity contribution in [2.45, 2.75) is 69.5 Å². The molecule has 1 unspecified atom stereocenters. The molecule has 0 spiro atoms. The summed E-state index contributed by atoms with van der Waals surface area (Å²) in [7, 11) is -3.98. The number of anilines is 2. The number of carbonyl (C=O) groups excluding carboxylic acids is 2. The number of amides is 1. The Labute approximate surface area is 299 Å². The summed E-state index contributed by atoms with van der Waals surface area (Å²) in [4.78, 5) is 31.2. The van der Waals surface area contributed by atoms with Gasteiger partial charge in [0.2, 0.25) is 10.0 Å². The SMILES string of the molecule is CCOc1cc(C(Nc2ccc3c(N)nccc3c2)(OC(=O)C(F)(F)F)C(=O)NCc2ccccc2S(=O)(=O)N2CCCCC2)ccc1OC(C)C. The molecule has 3 aromatic carbocycles. The summed E-state index contributed by atoms with van der Waals surface area (Å²) in [5, 5.41) is 6.33. The van der Waals surface area contributed by atoms with Crippen LogP contribution in [0.4, 0.5) is 24.7 Å². The number of nitrogen functional groups attached to an aromatic ring is 1. The Hall–Kier alpha value is -5.09. The zero-order valence-corrected chi connectivity index (χ0v) is 29.6. The molecule has 278 valence electrons. The Balaban J connectivity index is 1.64. The number of rotatable bonds is 13. The second-order valence-corrected chi connectivity index (χ2v) is 14.2. The van der Waals surface area contributed by atoms with Gasteiger partial charge in [0, 0.05) is 42.5 Å². The smallest absolute Gasteiger partial charge is 0.490 e. The Morgan fingerprint density at radius 1 is 0.981 bits per heavy atom. The molecule has 52 heavy (non-hydrogen) atoms. The number of hydrogen-bond donors (Lipinski definition) is 3. The summed E-state index contributed by atoms with van der Waals surface area (Å²) < 4.78 is 87.5. The number of nitrogens with two attached hydrogens (primary N) is 1. The minimum absolute atomic E-state index is 0.0612. The molecule has 4 N–H and O–H groups in total. The first kappa shape index (κ1) is 38.1. The number of esters is 1. The molecule has 16 heteroatoms. The van der Waals surface area contributed by atoms with Gasteiger partial charge in [-0.15, -0.1) is 0 Å². The molecule has 1 fully saturated rings. The number of alkyl halides is 3. The number of halogens is 3. The summed E-state index contributed by atoms with van der Waals surface area (Å²) in [6.45, 7) is 5.53. The molecule has 0 radical (unpaired) electrons. The zero-order chi connectivity index (χ0) is 37.7. The monoisotopic (exact) mass is 743 g/mol. The van der Waals surface area contributed by atoms with Crippen LogP contribution in [0.3, 0.4) is 0 Å². The van der Waals surface area contributed by atoms with Gasteiger partial charge >= 0.3 is 12.1 Å². The Morgan fingerprint density at radius 2 is 1.71 bits per heavy atom. The van der Waals surface area contributed by atoms with Crippen LogP contribution in [0.2, 0.25) is 0 Å². The first-order valence-electron chi connectivity index (χ1n) is 16.7. The van der Waals surface area contributed by atoms with Gasteiger partial charge in [-0.3, -0.25) is 4.79 Å². The first-order valence-corrected chi connectivity index (χ1v) is 18.1. The van der Waals surface area contributed by atoms with E-state index in [1.165, 1.54) is 59.0 Å². The summed E-state index contributed by atoms with van der Waals surface area (Å²) in [6, 6.07) is 16.0. The van der Waals surface area contributed by atoms with Crippen LogP contribution in [0.25, 0.3) is 10.8 Å². The fraction of sp³-hybridized carbons (Fsp3) is 0.361. The van der Waals surface area contributed by atoms with Gasteiger partial charge in [-0.2, -0.15) is 17.5 Å². The fourth-order valence-electron chi connectivity index (χ4n) is 5.86. The summed E-state index contributed by atoms with van der Waals surface area (Å²) in [6.07, 6.45) is -2.12. The van der Waals surface area contributed by atoms with E-state index in [0.29, 0.717) is 36.7 Å². The van der Waals surface area contributed by atoms with Crippen LogP contribution >= 0.6 is 0 Å². The van der Waals surface area contributed by atoms with Crippen molar-refractivity contribution < 1.29 is 45.4 Å².